The molecule has 0 atom stereocenters. The van der Waals surface area contributed by atoms with E-state index in [1.807, 2.05) is 0 Å². The first-order chi connectivity index (χ1) is 5.15. The molecule has 2 radical (unpaired) electrons. The van der Waals surface area contributed by atoms with Crippen molar-refractivity contribution in [2.24, 2.45) is 5.14 Å². The highest BCUT2D eigenvalue weighted by Crippen LogP contribution is 2.16. The summed E-state index contributed by atoms with van der Waals surface area (Å²) < 4.78 is 12.7. The maximum Gasteiger partial charge on any atom is 0.117 e. The quantitative estimate of drug-likeness (QED) is 0.496. The minimum absolute atomic E-state index is 0.142. The molecule has 0 bridgehead atoms. The van der Waals surface area contributed by atoms with E-state index < -0.39 is 0 Å². The molecule has 4 heteroatoms. The van der Waals surface area contributed by atoms with E-state index in [9.17, 15) is 4.39 Å². The summed E-state index contributed by atoms with van der Waals surface area (Å²) >= 11 is 1.07. The number of halogens is 1. The van der Waals surface area contributed by atoms with Crippen LogP contribution in [-0.2, 0) is 0 Å². The van der Waals surface area contributed by atoms with Gasteiger partial charge in [0.25, 0.3) is 0 Å². The average Bonchev–Trinajstić information content (AvgIpc) is 1.97. The number of aryl methyl sites for hydroxylation is 1. The monoisotopic (exact) mass is 167 g/mol. The van der Waals surface area contributed by atoms with Crippen molar-refractivity contribution >= 4 is 25.3 Å². The van der Waals surface area contributed by atoms with Gasteiger partial charge in [-0.25, -0.2) is 4.39 Å². The molecular formula is C7H7BFNS. The van der Waals surface area contributed by atoms with Crippen molar-refractivity contribution < 1.29 is 4.39 Å². The van der Waals surface area contributed by atoms with E-state index in [1.165, 1.54) is 12.1 Å². The molecule has 1 rings (SSSR count). The summed E-state index contributed by atoms with van der Waals surface area (Å²) in [7, 11) is 5.32. The largest absolute Gasteiger partial charge is 0.274 e. The number of hydrogen-bond acceptors (Lipinski definition) is 2. The van der Waals surface area contributed by atoms with E-state index >= 15 is 0 Å². The predicted molar refractivity (Wildman–Crippen MR) is 46.6 cm³/mol. The third kappa shape index (κ3) is 1.76. The van der Waals surface area contributed by atoms with Crippen molar-refractivity contribution in [1.82, 2.24) is 0 Å². The summed E-state index contributed by atoms with van der Waals surface area (Å²) in [6.07, 6.45) is 0. The smallest absolute Gasteiger partial charge is 0.117 e. The van der Waals surface area contributed by atoms with Gasteiger partial charge in [-0.1, -0.05) is 11.5 Å². The SMILES string of the molecule is [B]c1cc(SN)c(C)cc1F. The van der Waals surface area contributed by atoms with Crippen LogP contribution in [0.1, 0.15) is 5.56 Å². The molecule has 0 heterocycles. The van der Waals surface area contributed by atoms with E-state index in [4.69, 9.17) is 13.0 Å². The van der Waals surface area contributed by atoms with Crippen LogP contribution in [-0.4, -0.2) is 7.85 Å². The third-order valence-electron chi connectivity index (χ3n) is 1.42. The normalized spacial score (nSPS) is 10.1. The molecule has 0 aliphatic rings. The standard InChI is InChI=1S/C7H7BFNS/c1-4-2-6(9)5(8)3-7(4)11-10/h2-3H,10H2,1H3. The Hall–Kier alpha value is -0.475. The summed E-state index contributed by atoms with van der Waals surface area (Å²) in [4.78, 5) is 0.809. The second kappa shape index (κ2) is 3.28. The van der Waals surface area contributed by atoms with Crippen molar-refractivity contribution in [1.29, 1.82) is 0 Å². The molecule has 11 heavy (non-hydrogen) atoms. The zero-order chi connectivity index (χ0) is 8.43. The van der Waals surface area contributed by atoms with Gasteiger partial charge >= 0.3 is 0 Å². The summed E-state index contributed by atoms with van der Waals surface area (Å²) in [5.41, 5.74) is 0.952. The number of nitrogens with two attached hydrogens (primary N) is 1. The van der Waals surface area contributed by atoms with E-state index in [0.29, 0.717) is 0 Å². The summed E-state index contributed by atoms with van der Waals surface area (Å²) in [6.45, 7) is 1.79. The van der Waals surface area contributed by atoms with Crippen LogP contribution in [0.3, 0.4) is 0 Å². The van der Waals surface area contributed by atoms with Gasteiger partial charge in [-0.05, 0) is 30.5 Å². The zero-order valence-corrected chi connectivity index (χ0v) is 6.91. The number of rotatable bonds is 1. The molecule has 0 aliphatic heterocycles. The molecule has 0 unspecified atom stereocenters. The Morgan fingerprint density at radius 1 is 1.55 bits per heavy atom. The van der Waals surface area contributed by atoms with Gasteiger partial charge in [0.1, 0.15) is 13.7 Å². The summed E-state index contributed by atoms with van der Waals surface area (Å²) in [5.74, 6) is -0.389. The van der Waals surface area contributed by atoms with E-state index in [-0.39, 0.29) is 11.3 Å². The zero-order valence-electron chi connectivity index (χ0n) is 6.10. The lowest BCUT2D eigenvalue weighted by Crippen LogP contribution is -2.09. The third-order valence-corrected chi connectivity index (χ3v) is 2.11. The first-order valence-electron chi connectivity index (χ1n) is 3.07. The lowest BCUT2D eigenvalue weighted by molar-refractivity contribution is 0.633. The van der Waals surface area contributed by atoms with Crippen LogP contribution in [0.5, 0.6) is 0 Å². The fourth-order valence-corrected chi connectivity index (χ4v) is 1.24. The Labute approximate surface area is 70.7 Å². The van der Waals surface area contributed by atoms with Crippen molar-refractivity contribution in [3.63, 3.8) is 0 Å². The van der Waals surface area contributed by atoms with Gasteiger partial charge in [-0.2, -0.15) is 0 Å². The van der Waals surface area contributed by atoms with Gasteiger partial charge in [-0.3, -0.25) is 5.14 Å². The maximum atomic E-state index is 12.7. The van der Waals surface area contributed by atoms with Crippen molar-refractivity contribution in [3.8, 4) is 0 Å². The molecular weight excluding hydrogens is 160 g/mol. The molecule has 1 nitrogen and oxygen atoms in total. The van der Waals surface area contributed by atoms with Crippen molar-refractivity contribution in [2.45, 2.75) is 11.8 Å². The first-order valence-corrected chi connectivity index (χ1v) is 3.95. The van der Waals surface area contributed by atoms with Gasteiger partial charge in [-0.15, -0.1) is 0 Å². The molecule has 1 aromatic rings. The molecule has 0 amide bonds. The van der Waals surface area contributed by atoms with Crippen LogP contribution >= 0.6 is 11.9 Å². The first kappa shape index (κ1) is 8.62. The topological polar surface area (TPSA) is 26.0 Å². The molecule has 1 aromatic carbocycles. The van der Waals surface area contributed by atoms with Crippen molar-refractivity contribution in [3.05, 3.63) is 23.5 Å². The van der Waals surface area contributed by atoms with Crippen LogP contribution in [0.2, 0.25) is 0 Å². The Balaban J connectivity index is 3.21. The van der Waals surface area contributed by atoms with Crippen LogP contribution in [0.25, 0.3) is 0 Å². The summed E-state index contributed by atoms with van der Waals surface area (Å²) in [6, 6.07) is 2.92. The highest BCUT2D eigenvalue weighted by Gasteiger charge is 2.01. The molecule has 0 saturated heterocycles. The molecule has 0 saturated carbocycles. The molecule has 0 aromatic heterocycles. The van der Waals surface area contributed by atoms with Gasteiger partial charge in [0.15, 0.2) is 0 Å². The average molecular weight is 167 g/mol. The fraction of sp³-hybridized carbons (Fsp3) is 0.143. The molecule has 2 N–H and O–H groups in total. The summed E-state index contributed by atoms with van der Waals surface area (Å²) in [5, 5.41) is 5.31. The second-order valence-corrected chi connectivity index (χ2v) is 2.93. The number of hydrogen-bond donors (Lipinski definition) is 1. The van der Waals surface area contributed by atoms with Crippen LogP contribution in [0.15, 0.2) is 17.0 Å². The number of benzene rings is 1. The van der Waals surface area contributed by atoms with Crippen LogP contribution in [0.4, 0.5) is 4.39 Å². The minimum atomic E-state index is -0.389. The Morgan fingerprint density at radius 2 is 2.18 bits per heavy atom. The molecule has 0 spiro atoms. The van der Waals surface area contributed by atoms with Gasteiger partial charge in [0.2, 0.25) is 0 Å². The van der Waals surface area contributed by atoms with Crippen LogP contribution in [0, 0.1) is 12.7 Å². The Morgan fingerprint density at radius 3 is 2.73 bits per heavy atom. The Bertz CT molecular complexity index is 277. The van der Waals surface area contributed by atoms with Gasteiger partial charge in [0, 0.05) is 4.90 Å². The molecule has 0 aliphatic carbocycles. The highest BCUT2D eigenvalue weighted by molar-refractivity contribution is 7.97. The minimum Gasteiger partial charge on any atom is -0.274 e. The maximum absolute atomic E-state index is 12.7. The van der Waals surface area contributed by atoms with Crippen LogP contribution < -0.4 is 10.6 Å². The lowest BCUT2D eigenvalue weighted by Gasteiger charge is -2.03. The van der Waals surface area contributed by atoms with E-state index in [0.717, 1.165) is 22.4 Å². The predicted octanol–water partition coefficient (Wildman–Crippen LogP) is 0.894. The van der Waals surface area contributed by atoms with E-state index in [2.05, 4.69) is 0 Å². The second-order valence-electron chi connectivity index (χ2n) is 2.26. The van der Waals surface area contributed by atoms with Gasteiger partial charge in [0.05, 0.1) is 0 Å². The fourth-order valence-electron chi connectivity index (χ4n) is 0.796. The highest BCUT2D eigenvalue weighted by atomic mass is 32.2. The van der Waals surface area contributed by atoms with Gasteiger partial charge < -0.3 is 0 Å². The lowest BCUT2D eigenvalue weighted by atomic mass is 9.94. The Kier molecular flexibility index (Phi) is 2.57. The van der Waals surface area contributed by atoms with Crippen molar-refractivity contribution in [2.75, 3.05) is 0 Å². The molecule has 0 fully saturated rings. The van der Waals surface area contributed by atoms with E-state index in [1.54, 1.807) is 6.92 Å². The molecule has 56 valence electrons.